The van der Waals surface area contributed by atoms with E-state index in [0.29, 0.717) is 28.8 Å². The number of nitrogens with one attached hydrogen (secondary N) is 2. The Morgan fingerprint density at radius 2 is 1.89 bits per heavy atom. The summed E-state index contributed by atoms with van der Waals surface area (Å²) in [4.78, 5) is 20.1. The first-order chi connectivity index (χ1) is 13.0. The van der Waals surface area contributed by atoms with Gasteiger partial charge in [-0.25, -0.2) is 9.67 Å². The summed E-state index contributed by atoms with van der Waals surface area (Å²) in [5, 5.41) is 8.01. The van der Waals surface area contributed by atoms with Crippen LogP contribution >= 0.6 is 23.2 Å². The molecule has 0 radical (unpaired) electrons. The summed E-state index contributed by atoms with van der Waals surface area (Å²) in [7, 11) is 0. The van der Waals surface area contributed by atoms with Gasteiger partial charge in [-0.2, -0.15) is 5.10 Å². The maximum atomic E-state index is 12.7. The van der Waals surface area contributed by atoms with E-state index in [1.54, 1.807) is 17.7 Å². The van der Waals surface area contributed by atoms with Crippen molar-refractivity contribution in [1.82, 2.24) is 19.7 Å². The molecule has 2 aromatic carbocycles. The smallest absolute Gasteiger partial charge is 0.263 e. The summed E-state index contributed by atoms with van der Waals surface area (Å²) in [6, 6.07) is 15.0. The van der Waals surface area contributed by atoms with Gasteiger partial charge in [-0.15, -0.1) is 0 Å². The van der Waals surface area contributed by atoms with Gasteiger partial charge in [-0.05, 0) is 30.7 Å². The van der Waals surface area contributed by atoms with Crippen molar-refractivity contribution in [2.45, 2.75) is 13.5 Å². The van der Waals surface area contributed by atoms with Gasteiger partial charge in [0.05, 0.1) is 28.8 Å². The third kappa shape index (κ3) is 3.41. The number of anilines is 1. The minimum atomic E-state index is -0.373. The maximum Gasteiger partial charge on any atom is 0.263 e. The molecular weight excluding hydrogens is 385 g/mol. The van der Waals surface area contributed by atoms with E-state index in [-0.39, 0.29) is 11.1 Å². The van der Waals surface area contributed by atoms with Crippen LogP contribution in [-0.2, 0) is 6.54 Å². The number of H-pyrrole nitrogens is 1. The summed E-state index contributed by atoms with van der Waals surface area (Å²) in [5.74, 6) is -0.0162. The van der Waals surface area contributed by atoms with Gasteiger partial charge in [0.15, 0.2) is 0 Å². The van der Waals surface area contributed by atoms with Gasteiger partial charge >= 0.3 is 0 Å². The lowest BCUT2D eigenvalue weighted by Gasteiger charge is -2.06. The van der Waals surface area contributed by atoms with Crippen LogP contribution in [0.2, 0.25) is 10.2 Å². The third-order valence-electron chi connectivity index (χ3n) is 4.19. The van der Waals surface area contributed by atoms with Crippen molar-refractivity contribution in [1.29, 1.82) is 0 Å². The summed E-state index contributed by atoms with van der Waals surface area (Å²) in [5.41, 5.74) is 3.31. The van der Waals surface area contributed by atoms with Gasteiger partial charge in [-0.3, -0.25) is 10.1 Å². The quantitative estimate of drug-likeness (QED) is 0.523. The van der Waals surface area contributed by atoms with Crippen molar-refractivity contribution >= 4 is 46.1 Å². The molecule has 0 aliphatic carbocycles. The molecule has 2 N–H and O–H groups in total. The van der Waals surface area contributed by atoms with Gasteiger partial charge in [0, 0.05) is 5.02 Å². The number of amides is 1. The normalized spacial score (nSPS) is 11.1. The molecule has 0 aliphatic heterocycles. The number of halogens is 2. The van der Waals surface area contributed by atoms with Crippen LogP contribution in [0.3, 0.4) is 0 Å². The van der Waals surface area contributed by atoms with Crippen LogP contribution in [-0.4, -0.2) is 25.7 Å². The van der Waals surface area contributed by atoms with E-state index in [1.165, 1.54) is 0 Å². The lowest BCUT2D eigenvalue weighted by atomic mass is 10.2. The Morgan fingerprint density at radius 3 is 2.67 bits per heavy atom. The Balaban J connectivity index is 1.60. The minimum Gasteiger partial charge on any atom is -0.324 e. The van der Waals surface area contributed by atoms with Gasteiger partial charge in [0.1, 0.15) is 5.15 Å². The van der Waals surface area contributed by atoms with Crippen molar-refractivity contribution in [3.05, 3.63) is 75.5 Å². The molecule has 2 heterocycles. The number of para-hydroxylation sites is 2. The van der Waals surface area contributed by atoms with E-state index in [9.17, 15) is 4.79 Å². The number of aryl methyl sites for hydroxylation is 1. The van der Waals surface area contributed by atoms with E-state index in [0.717, 1.165) is 16.6 Å². The molecule has 4 rings (SSSR count). The van der Waals surface area contributed by atoms with Gasteiger partial charge in [-0.1, -0.05) is 53.5 Å². The predicted molar refractivity (Wildman–Crippen MR) is 107 cm³/mol. The van der Waals surface area contributed by atoms with Crippen LogP contribution in [0.5, 0.6) is 0 Å². The maximum absolute atomic E-state index is 12.7. The summed E-state index contributed by atoms with van der Waals surface area (Å²) in [6.45, 7) is 2.11. The molecular formula is C19H15Cl2N5O. The molecule has 0 aliphatic rings. The Hall–Kier alpha value is -2.83. The number of carbonyl (C=O) groups excluding carboxylic acids is 1. The lowest BCUT2D eigenvalue weighted by molar-refractivity contribution is 0.102. The van der Waals surface area contributed by atoms with Gasteiger partial charge in [0.2, 0.25) is 5.95 Å². The Kier molecular flexibility index (Phi) is 4.59. The average Bonchev–Trinajstić information content (AvgIpc) is 3.16. The van der Waals surface area contributed by atoms with Gasteiger partial charge < -0.3 is 4.98 Å². The van der Waals surface area contributed by atoms with Crippen LogP contribution < -0.4 is 5.32 Å². The molecule has 4 aromatic rings. The van der Waals surface area contributed by atoms with Crippen molar-refractivity contribution in [3.63, 3.8) is 0 Å². The fourth-order valence-electron chi connectivity index (χ4n) is 2.89. The molecule has 6 nitrogen and oxygen atoms in total. The average molecular weight is 400 g/mol. The topological polar surface area (TPSA) is 75.6 Å². The standard InChI is InChI=1S/C19H15Cl2N5O/c1-11-16(17(21)26(25-11)10-12-6-2-3-7-13(12)20)18(27)24-19-22-14-8-4-5-9-15(14)23-19/h2-9H,10H2,1H3,(H2,22,23,24,27). The van der Waals surface area contributed by atoms with Crippen LogP contribution in [0.25, 0.3) is 11.0 Å². The van der Waals surface area contributed by atoms with E-state index in [1.807, 2.05) is 42.5 Å². The largest absolute Gasteiger partial charge is 0.324 e. The number of aromatic nitrogens is 4. The molecule has 0 atom stereocenters. The molecule has 1 amide bonds. The Morgan fingerprint density at radius 1 is 1.15 bits per heavy atom. The van der Waals surface area contributed by atoms with Crippen molar-refractivity contribution < 1.29 is 4.79 Å². The zero-order valence-electron chi connectivity index (χ0n) is 14.3. The number of carbonyl (C=O) groups is 1. The highest BCUT2D eigenvalue weighted by atomic mass is 35.5. The highest BCUT2D eigenvalue weighted by molar-refractivity contribution is 6.33. The van der Waals surface area contributed by atoms with Crippen LogP contribution in [0.15, 0.2) is 48.5 Å². The summed E-state index contributed by atoms with van der Waals surface area (Å²) < 4.78 is 1.56. The molecule has 2 aromatic heterocycles. The van der Waals surface area contributed by atoms with E-state index in [4.69, 9.17) is 23.2 Å². The first-order valence-corrected chi connectivity index (χ1v) is 9.01. The second-order valence-electron chi connectivity index (χ2n) is 6.06. The molecule has 0 fully saturated rings. The van der Waals surface area contributed by atoms with Crippen molar-refractivity contribution in [3.8, 4) is 0 Å². The van der Waals surface area contributed by atoms with Crippen molar-refractivity contribution in [2.75, 3.05) is 5.32 Å². The zero-order valence-corrected chi connectivity index (χ0v) is 15.8. The van der Waals surface area contributed by atoms with Crippen molar-refractivity contribution in [2.24, 2.45) is 0 Å². The number of imidazole rings is 1. The molecule has 0 saturated heterocycles. The number of aromatic amines is 1. The van der Waals surface area contributed by atoms with Crippen LogP contribution in [0.1, 0.15) is 21.6 Å². The number of hydrogen-bond donors (Lipinski definition) is 2. The zero-order chi connectivity index (χ0) is 19.0. The molecule has 8 heteroatoms. The second-order valence-corrected chi connectivity index (χ2v) is 6.82. The third-order valence-corrected chi connectivity index (χ3v) is 4.94. The molecule has 0 spiro atoms. The number of benzene rings is 2. The van der Waals surface area contributed by atoms with E-state index < -0.39 is 0 Å². The summed E-state index contributed by atoms with van der Waals surface area (Å²) >= 11 is 12.6. The molecule has 0 unspecified atom stereocenters. The predicted octanol–water partition coefficient (Wildman–Crippen LogP) is 4.68. The van der Waals surface area contributed by atoms with Gasteiger partial charge in [0.25, 0.3) is 5.91 Å². The second kappa shape index (κ2) is 7.06. The SMILES string of the molecule is Cc1nn(Cc2ccccc2Cl)c(Cl)c1C(=O)Nc1nc2ccccc2[nH]1. The number of nitrogens with zero attached hydrogens (tertiary/aromatic N) is 3. The molecule has 0 saturated carbocycles. The monoisotopic (exact) mass is 399 g/mol. The first kappa shape index (κ1) is 17.6. The number of hydrogen-bond acceptors (Lipinski definition) is 3. The lowest BCUT2D eigenvalue weighted by Crippen LogP contribution is -2.14. The first-order valence-electron chi connectivity index (χ1n) is 8.25. The summed E-state index contributed by atoms with van der Waals surface area (Å²) in [6.07, 6.45) is 0. The Bertz CT molecular complexity index is 1120. The molecule has 136 valence electrons. The fraction of sp³-hybridized carbons (Fsp3) is 0.105. The number of rotatable bonds is 4. The van der Waals surface area contributed by atoms with Crippen LogP contribution in [0, 0.1) is 6.92 Å². The Labute approximate surface area is 165 Å². The highest BCUT2D eigenvalue weighted by Gasteiger charge is 2.21. The van der Waals surface area contributed by atoms with E-state index in [2.05, 4.69) is 20.4 Å². The molecule has 0 bridgehead atoms. The number of fused-ring (bicyclic) bond motifs is 1. The molecule has 27 heavy (non-hydrogen) atoms. The minimum absolute atomic E-state index is 0.251. The van der Waals surface area contributed by atoms with E-state index >= 15 is 0 Å². The highest BCUT2D eigenvalue weighted by Crippen LogP contribution is 2.24. The van der Waals surface area contributed by atoms with Crippen LogP contribution in [0.4, 0.5) is 5.95 Å². The fourth-order valence-corrected chi connectivity index (χ4v) is 3.40.